The normalized spacial score (nSPS) is 21.1. The quantitative estimate of drug-likeness (QED) is 0.798. The molecule has 2 aliphatic rings. The summed E-state index contributed by atoms with van der Waals surface area (Å²) in [4.78, 5) is 4.80. The molecule has 0 aliphatic carbocycles. The van der Waals surface area contributed by atoms with Gasteiger partial charge < -0.3 is 9.80 Å². The summed E-state index contributed by atoms with van der Waals surface area (Å²) >= 11 is 0. The van der Waals surface area contributed by atoms with E-state index in [1.807, 2.05) is 6.20 Å². The van der Waals surface area contributed by atoms with Gasteiger partial charge in [-0.05, 0) is 43.7 Å². The Kier molecular flexibility index (Phi) is 3.57. The molecule has 3 rings (SSSR count). The second kappa shape index (κ2) is 5.50. The minimum atomic E-state index is 1.05. The molecule has 3 heterocycles. The zero-order valence-corrected chi connectivity index (χ0v) is 10.9. The fourth-order valence-corrected chi connectivity index (χ4v) is 2.95. The summed E-state index contributed by atoms with van der Waals surface area (Å²) in [5, 5.41) is 12.1. The summed E-state index contributed by atoms with van der Waals surface area (Å²) in [6.45, 7) is 4.49. The van der Waals surface area contributed by atoms with Gasteiger partial charge in [-0.15, -0.1) is 10.2 Å². The average Bonchev–Trinajstić information content (AvgIpc) is 2.49. The SMILES string of the molecule is c1nnnc(N2CCCCC2)c1N1CCCCC1. The number of aromatic nitrogens is 3. The van der Waals surface area contributed by atoms with Crippen LogP contribution in [0.4, 0.5) is 11.5 Å². The Morgan fingerprint density at radius 1 is 0.778 bits per heavy atom. The Morgan fingerprint density at radius 2 is 1.39 bits per heavy atom. The van der Waals surface area contributed by atoms with Gasteiger partial charge in [-0.25, -0.2) is 0 Å². The molecule has 0 bridgehead atoms. The molecule has 0 radical (unpaired) electrons. The minimum absolute atomic E-state index is 1.05. The molecule has 0 spiro atoms. The molecule has 98 valence electrons. The summed E-state index contributed by atoms with van der Waals surface area (Å²) in [5.41, 5.74) is 1.19. The molecule has 1 aromatic rings. The molecule has 0 aromatic carbocycles. The lowest BCUT2D eigenvalue weighted by molar-refractivity contribution is 0.556. The standard InChI is InChI=1S/C13H21N5/c1-3-7-17(8-4-1)12-11-14-16-15-13(12)18-9-5-2-6-10-18/h11H,1-10H2. The lowest BCUT2D eigenvalue weighted by atomic mass is 10.1. The maximum absolute atomic E-state index is 4.30. The van der Waals surface area contributed by atoms with E-state index in [1.54, 1.807) is 0 Å². The van der Waals surface area contributed by atoms with Crippen molar-refractivity contribution in [2.45, 2.75) is 38.5 Å². The zero-order chi connectivity index (χ0) is 12.2. The molecule has 0 unspecified atom stereocenters. The van der Waals surface area contributed by atoms with Gasteiger partial charge in [0, 0.05) is 26.2 Å². The highest BCUT2D eigenvalue weighted by atomic mass is 15.4. The summed E-state index contributed by atoms with van der Waals surface area (Å²) < 4.78 is 0. The van der Waals surface area contributed by atoms with Crippen molar-refractivity contribution >= 4 is 11.5 Å². The molecule has 18 heavy (non-hydrogen) atoms. The highest BCUT2D eigenvalue weighted by Gasteiger charge is 2.21. The van der Waals surface area contributed by atoms with Crippen LogP contribution in [0.5, 0.6) is 0 Å². The van der Waals surface area contributed by atoms with Crippen LogP contribution in [0, 0.1) is 0 Å². The van der Waals surface area contributed by atoms with Gasteiger partial charge in [0.25, 0.3) is 0 Å². The Labute approximate surface area is 108 Å². The van der Waals surface area contributed by atoms with Crippen LogP contribution in [0.2, 0.25) is 0 Å². The van der Waals surface area contributed by atoms with E-state index >= 15 is 0 Å². The average molecular weight is 247 g/mol. The van der Waals surface area contributed by atoms with Gasteiger partial charge in [-0.1, -0.05) is 0 Å². The Hall–Kier alpha value is -1.39. The molecule has 2 fully saturated rings. The fourth-order valence-electron chi connectivity index (χ4n) is 2.95. The number of hydrogen-bond donors (Lipinski definition) is 0. The molecule has 2 saturated heterocycles. The van der Waals surface area contributed by atoms with E-state index in [1.165, 1.54) is 44.2 Å². The summed E-state index contributed by atoms with van der Waals surface area (Å²) in [5.74, 6) is 1.05. The highest BCUT2D eigenvalue weighted by Crippen LogP contribution is 2.29. The smallest absolute Gasteiger partial charge is 0.178 e. The van der Waals surface area contributed by atoms with E-state index in [0.29, 0.717) is 0 Å². The van der Waals surface area contributed by atoms with Gasteiger partial charge in [-0.3, -0.25) is 0 Å². The second-order valence-corrected chi connectivity index (χ2v) is 5.24. The molecule has 1 aromatic heterocycles. The first-order valence-corrected chi connectivity index (χ1v) is 7.13. The Balaban J connectivity index is 1.83. The van der Waals surface area contributed by atoms with Crippen molar-refractivity contribution in [2.24, 2.45) is 0 Å². The van der Waals surface area contributed by atoms with Crippen molar-refractivity contribution in [3.63, 3.8) is 0 Å². The van der Waals surface area contributed by atoms with Crippen LogP contribution in [-0.2, 0) is 0 Å². The predicted molar refractivity (Wildman–Crippen MR) is 72.0 cm³/mol. The third kappa shape index (κ3) is 2.40. The van der Waals surface area contributed by atoms with E-state index in [9.17, 15) is 0 Å². The van der Waals surface area contributed by atoms with Crippen molar-refractivity contribution < 1.29 is 0 Å². The van der Waals surface area contributed by atoms with E-state index in [0.717, 1.165) is 32.0 Å². The van der Waals surface area contributed by atoms with E-state index in [2.05, 4.69) is 25.2 Å². The number of piperidine rings is 2. The topological polar surface area (TPSA) is 45.2 Å². The van der Waals surface area contributed by atoms with Gasteiger partial charge in [0.05, 0.1) is 6.20 Å². The highest BCUT2D eigenvalue weighted by molar-refractivity contribution is 5.65. The van der Waals surface area contributed by atoms with Crippen LogP contribution in [0.3, 0.4) is 0 Å². The van der Waals surface area contributed by atoms with Gasteiger partial charge in [0.15, 0.2) is 5.82 Å². The first-order chi connectivity index (χ1) is 8.95. The third-order valence-corrected chi connectivity index (χ3v) is 3.95. The maximum atomic E-state index is 4.30. The van der Waals surface area contributed by atoms with E-state index < -0.39 is 0 Å². The first-order valence-electron chi connectivity index (χ1n) is 7.13. The number of hydrogen-bond acceptors (Lipinski definition) is 5. The van der Waals surface area contributed by atoms with Gasteiger partial charge in [0.2, 0.25) is 0 Å². The largest absolute Gasteiger partial charge is 0.367 e. The molecular formula is C13H21N5. The predicted octanol–water partition coefficient (Wildman–Crippen LogP) is 1.85. The lowest BCUT2D eigenvalue weighted by Gasteiger charge is -2.34. The summed E-state index contributed by atoms with van der Waals surface area (Å²) in [6.07, 6.45) is 9.67. The van der Waals surface area contributed by atoms with Crippen LogP contribution >= 0.6 is 0 Å². The van der Waals surface area contributed by atoms with E-state index in [-0.39, 0.29) is 0 Å². The number of nitrogens with zero attached hydrogens (tertiary/aromatic N) is 5. The first kappa shape index (κ1) is 11.7. The molecule has 5 nitrogen and oxygen atoms in total. The van der Waals surface area contributed by atoms with Crippen LogP contribution < -0.4 is 9.80 Å². The van der Waals surface area contributed by atoms with Crippen molar-refractivity contribution in [1.82, 2.24) is 15.4 Å². The third-order valence-electron chi connectivity index (χ3n) is 3.95. The monoisotopic (exact) mass is 247 g/mol. The van der Waals surface area contributed by atoms with Gasteiger partial charge in [0.1, 0.15) is 5.69 Å². The van der Waals surface area contributed by atoms with Crippen LogP contribution in [-0.4, -0.2) is 41.6 Å². The molecule has 0 saturated carbocycles. The van der Waals surface area contributed by atoms with Crippen molar-refractivity contribution in [1.29, 1.82) is 0 Å². The second-order valence-electron chi connectivity index (χ2n) is 5.24. The zero-order valence-electron chi connectivity index (χ0n) is 10.9. The number of anilines is 2. The molecular weight excluding hydrogens is 226 g/mol. The fraction of sp³-hybridized carbons (Fsp3) is 0.769. The molecule has 0 N–H and O–H groups in total. The summed E-state index contributed by atoms with van der Waals surface area (Å²) in [6, 6.07) is 0. The molecule has 0 amide bonds. The van der Waals surface area contributed by atoms with Crippen LogP contribution in [0.1, 0.15) is 38.5 Å². The molecule has 0 atom stereocenters. The molecule has 2 aliphatic heterocycles. The van der Waals surface area contributed by atoms with E-state index in [4.69, 9.17) is 0 Å². The minimum Gasteiger partial charge on any atom is -0.367 e. The lowest BCUT2D eigenvalue weighted by Crippen LogP contribution is -2.35. The summed E-state index contributed by atoms with van der Waals surface area (Å²) in [7, 11) is 0. The van der Waals surface area contributed by atoms with Crippen molar-refractivity contribution in [3.05, 3.63) is 6.20 Å². The molecule has 5 heteroatoms. The van der Waals surface area contributed by atoms with Crippen LogP contribution in [0.25, 0.3) is 0 Å². The van der Waals surface area contributed by atoms with Gasteiger partial charge >= 0.3 is 0 Å². The Bertz CT molecular complexity index is 346. The van der Waals surface area contributed by atoms with Gasteiger partial charge in [-0.2, -0.15) is 0 Å². The van der Waals surface area contributed by atoms with Crippen molar-refractivity contribution in [3.8, 4) is 0 Å². The Morgan fingerprint density at radius 3 is 2.06 bits per heavy atom. The number of rotatable bonds is 2. The van der Waals surface area contributed by atoms with Crippen LogP contribution in [0.15, 0.2) is 6.20 Å². The van der Waals surface area contributed by atoms with Crippen molar-refractivity contribution in [2.75, 3.05) is 36.0 Å². The maximum Gasteiger partial charge on any atom is 0.178 e.